The molecule has 0 radical (unpaired) electrons. The van der Waals surface area contributed by atoms with Gasteiger partial charge in [-0.3, -0.25) is 4.79 Å². The maximum atomic E-state index is 13.2. The minimum Gasteiger partial charge on any atom is -0.335 e. The Balaban J connectivity index is 1.74. The Bertz CT molecular complexity index is 1250. The number of carbonyl (C=O) groups excluding carboxylic acids is 1. The zero-order valence-corrected chi connectivity index (χ0v) is 18.6. The van der Waals surface area contributed by atoms with Crippen molar-refractivity contribution >= 4 is 34.0 Å². The average Bonchev–Trinajstić information content (AvgIpc) is 3.22. The Hall–Kier alpha value is -3.13. The van der Waals surface area contributed by atoms with Crippen molar-refractivity contribution in [3.63, 3.8) is 0 Å². The van der Waals surface area contributed by atoms with Crippen LogP contribution in [0.2, 0.25) is 0 Å². The number of nitrogens with one attached hydrogen (secondary N) is 1. The minimum atomic E-state index is -0.285. The molecule has 0 aliphatic rings. The zero-order valence-electron chi connectivity index (χ0n) is 17.8. The van der Waals surface area contributed by atoms with E-state index >= 15 is 0 Å². The summed E-state index contributed by atoms with van der Waals surface area (Å²) in [5.41, 5.74) is 3.45. The first-order valence-electron chi connectivity index (χ1n) is 9.62. The Morgan fingerprint density at radius 1 is 1.10 bits per heavy atom. The summed E-state index contributed by atoms with van der Waals surface area (Å²) in [5.74, 6) is 0.430. The summed E-state index contributed by atoms with van der Waals surface area (Å²) in [5, 5.41) is 7.50. The van der Waals surface area contributed by atoms with Crippen molar-refractivity contribution in [2.45, 2.75) is 47.0 Å². The Labute approximate surface area is 178 Å². The molecule has 0 aliphatic heterocycles. The highest BCUT2D eigenvalue weighted by molar-refractivity contribution is 7.12. The van der Waals surface area contributed by atoms with E-state index in [4.69, 9.17) is 4.52 Å². The molecule has 30 heavy (non-hydrogen) atoms. The lowest BCUT2D eigenvalue weighted by Crippen LogP contribution is -2.17. The molecule has 0 aliphatic carbocycles. The number of hydrogen-bond acceptors (Lipinski definition) is 7. The molecule has 0 aromatic carbocycles. The van der Waals surface area contributed by atoms with Crippen molar-refractivity contribution in [1.82, 2.24) is 20.1 Å². The van der Waals surface area contributed by atoms with Crippen LogP contribution in [0.3, 0.4) is 0 Å². The predicted octanol–water partition coefficient (Wildman–Crippen LogP) is 5.22. The van der Waals surface area contributed by atoms with Gasteiger partial charge in [0.15, 0.2) is 0 Å². The van der Waals surface area contributed by atoms with E-state index in [1.54, 1.807) is 36.7 Å². The fourth-order valence-corrected chi connectivity index (χ4v) is 4.21. The highest BCUT2D eigenvalue weighted by atomic mass is 32.1. The molecular formula is C22H23N5O2S. The standard InChI is InChI=1S/C22H23N5O2S/c1-11-7-15(13(3)30-11)17-8-16(18-12(2)27-29-20(18)26-17)19(28)25-14-9-23-21(24-10-14)22(4,5)6/h7-10H,1-6H3,(H,25,28). The molecule has 0 fully saturated rings. The highest BCUT2D eigenvalue weighted by Crippen LogP contribution is 2.33. The van der Waals surface area contributed by atoms with Gasteiger partial charge in [-0.15, -0.1) is 11.3 Å². The summed E-state index contributed by atoms with van der Waals surface area (Å²) in [6.45, 7) is 12.0. The van der Waals surface area contributed by atoms with Gasteiger partial charge in [-0.05, 0) is 32.9 Å². The van der Waals surface area contributed by atoms with Gasteiger partial charge in [0.1, 0.15) is 5.82 Å². The number of thiophene rings is 1. The van der Waals surface area contributed by atoms with E-state index in [1.165, 1.54) is 4.88 Å². The van der Waals surface area contributed by atoms with E-state index in [1.807, 2.05) is 34.6 Å². The summed E-state index contributed by atoms with van der Waals surface area (Å²) in [7, 11) is 0. The number of pyridine rings is 1. The van der Waals surface area contributed by atoms with Crippen molar-refractivity contribution in [3.05, 3.63) is 51.4 Å². The third kappa shape index (κ3) is 3.70. The van der Waals surface area contributed by atoms with Crippen molar-refractivity contribution in [2.24, 2.45) is 0 Å². The van der Waals surface area contributed by atoms with Crippen LogP contribution in [0.1, 0.15) is 52.4 Å². The van der Waals surface area contributed by atoms with Gasteiger partial charge in [-0.1, -0.05) is 25.9 Å². The lowest BCUT2D eigenvalue weighted by atomic mass is 9.96. The molecule has 0 saturated carbocycles. The molecule has 4 aromatic rings. The first-order valence-corrected chi connectivity index (χ1v) is 10.4. The summed E-state index contributed by atoms with van der Waals surface area (Å²) >= 11 is 1.69. The maximum absolute atomic E-state index is 13.2. The SMILES string of the molecule is Cc1cc(-c2cc(C(=O)Nc3cnc(C(C)(C)C)nc3)c3c(C)noc3n2)c(C)s1. The molecular weight excluding hydrogens is 398 g/mol. The third-order valence-electron chi connectivity index (χ3n) is 4.76. The van der Waals surface area contributed by atoms with E-state index < -0.39 is 0 Å². The average molecular weight is 422 g/mol. The summed E-state index contributed by atoms with van der Waals surface area (Å²) in [4.78, 5) is 28.8. The maximum Gasteiger partial charge on any atom is 0.259 e. The van der Waals surface area contributed by atoms with Crippen LogP contribution in [0.4, 0.5) is 5.69 Å². The summed E-state index contributed by atoms with van der Waals surface area (Å²) in [6, 6.07) is 3.86. The van der Waals surface area contributed by atoms with E-state index in [9.17, 15) is 4.79 Å². The lowest BCUT2D eigenvalue weighted by molar-refractivity contribution is 0.102. The monoisotopic (exact) mass is 421 g/mol. The zero-order chi connectivity index (χ0) is 21.6. The van der Waals surface area contributed by atoms with Crippen LogP contribution < -0.4 is 5.32 Å². The molecule has 0 spiro atoms. The number of fused-ring (bicyclic) bond motifs is 1. The molecule has 154 valence electrons. The van der Waals surface area contributed by atoms with Gasteiger partial charge >= 0.3 is 0 Å². The second-order valence-electron chi connectivity index (χ2n) is 8.33. The largest absolute Gasteiger partial charge is 0.335 e. The van der Waals surface area contributed by atoms with Gasteiger partial charge in [0.25, 0.3) is 11.6 Å². The first kappa shape index (κ1) is 20.2. The van der Waals surface area contributed by atoms with Crippen LogP contribution in [0.5, 0.6) is 0 Å². The van der Waals surface area contributed by atoms with Crippen LogP contribution in [0.15, 0.2) is 29.0 Å². The molecule has 4 rings (SSSR count). The third-order valence-corrected chi connectivity index (χ3v) is 5.73. The van der Waals surface area contributed by atoms with E-state index in [-0.39, 0.29) is 11.3 Å². The Morgan fingerprint density at radius 3 is 2.40 bits per heavy atom. The summed E-state index contributed by atoms with van der Waals surface area (Å²) < 4.78 is 5.39. The number of carbonyl (C=O) groups is 1. The van der Waals surface area contributed by atoms with Gasteiger partial charge in [-0.25, -0.2) is 15.0 Å². The van der Waals surface area contributed by atoms with Gasteiger partial charge < -0.3 is 9.84 Å². The fourth-order valence-electron chi connectivity index (χ4n) is 3.28. The normalized spacial score (nSPS) is 11.8. The number of amides is 1. The van der Waals surface area contributed by atoms with Crippen molar-refractivity contribution in [3.8, 4) is 11.3 Å². The molecule has 4 aromatic heterocycles. The van der Waals surface area contributed by atoms with Crippen LogP contribution in [0.25, 0.3) is 22.4 Å². The topological polar surface area (TPSA) is 93.8 Å². The quantitative estimate of drug-likeness (QED) is 0.488. The number of rotatable bonds is 3. The number of hydrogen-bond donors (Lipinski definition) is 1. The summed E-state index contributed by atoms with van der Waals surface area (Å²) in [6.07, 6.45) is 3.25. The van der Waals surface area contributed by atoms with Crippen LogP contribution in [-0.2, 0) is 5.41 Å². The molecule has 0 saturated heterocycles. The fraction of sp³-hybridized carbons (Fsp3) is 0.318. The number of aromatic nitrogens is 4. The highest BCUT2D eigenvalue weighted by Gasteiger charge is 2.21. The van der Waals surface area contributed by atoms with Gasteiger partial charge in [-0.2, -0.15) is 0 Å². The molecule has 1 amide bonds. The minimum absolute atomic E-state index is 0.162. The van der Waals surface area contributed by atoms with Crippen molar-refractivity contribution in [1.29, 1.82) is 0 Å². The lowest BCUT2D eigenvalue weighted by Gasteiger charge is -2.16. The number of nitrogens with zero attached hydrogens (tertiary/aromatic N) is 4. The van der Waals surface area contributed by atoms with E-state index in [0.717, 1.165) is 10.4 Å². The van der Waals surface area contributed by atoms with Gasteiger partial charge in [0.05, 0.1) is 40.4 Å². The molecule has 8 heteroatoms. The van der Waals surface area contributed by atoms with E-state index in [0.29, 0.717) is 39.6 Å². The Kier molecular flexibility index (Phi) is 4.89. The molecule has 7 nitrogen and oxygen atoms in total. The number of aryl methyl sites for hydroxylation is 3. The predicted molar refractivity (Wildman–Crippen MR) is 118 cm³/mol. The van der Waals surface area contributed by atoms with Gasteiger partial charge in [0.2, 0.25) is 0 Å². The van der Waals surface area contributed by atoms with Crippen LogP contribution >= 0.6 is 11.3 Å². The van der Waals surface area contributed by atoms with E-state index in [2.05, 4.69) is 31.5 Å². The molecule has 0 atom stereocenters. The van der Waals surface area contributed by atoms with Crippen molar-refractivity contribution in [2.75, 3.05) is 5.32 Å². The molecule has 4 heterocycles. The van der Waals surface area contributed by atoms with Crippen LogP contribution in [-0.4, -0.2) is 26.0 Å². The van der Waals surface area contributed by atoms with Crippen LogP contribution in [0, 0.1) is 20.8 Å². The second kappa shape index (κ2) is 7.28. The molecule has 1 N–H and O–H groups in total. The molecule has 0 unspecified atom stereocenters. The smallest absolute Gasteiger partial charge is 0.259 e. The number of anilines is 1. The first-order chi connectivity index (χ1) is 14.1. The Morgan fingerprint density at radius 2 is 1.80 bits per heavy atom. The van der Waals surface area contributed by atoms with Gasteiger partial charge in [0, 0.05) is 20.7 Å². The van der Waals surface area contributed by atoms with Crippen molar-refractivity contribution < 1.29 is 9.32 Å². The molecule has 0 bridgehead atoms. The second-order valence-corrected chi connectivity index (χ2v) is 9.79.